The van der Waals surface area contributed by atoms with Gasteiger partial charge in [0.1, 0.15) is 12.4 Å². The number of halogens is 1. The largest absolute Gasteiger partial charge is 0.445 e. The molecule has 4 aromatic rings. The smallest absolute Gasteiger partial charge is 0.407 e. The van der Waals surface area contributed by atoms with Crippen molar-refractivity contribution in [3.05, 3.63) is 84.6 Å². The summed E-state index contributed by atoms with van der Waals surface area (Å²) in [6, 6.07) is 15.7. The van der Waals surface area contributed by atoms with E-state index in [1.807, 2.05) is 36.4 Å². The number of ether oxygens (including phenoxy) is 1. The molecule has 1 atom stereocenters. The number of alkyl carbamates (subject to hydrolysis) is 1. The third kappa shape index (κ3) is 6.76. The quantitative estimate of drug-likeness (QED) is 0.297. The van der Waals surface area contributed by atoms with Crippen molar-refractivity contribution < 1.29 is 27.1 Å². The number of pyridine rings is 1. The van der Waals surface area contributed by atoms with Crippen LogP contribution in [0.5, 0.6) is 0 Å². The summed E-state index contributed by atoms with van der Waals surface area (Å²) in [6.07, 6.45) is 4.43. The van der Waals surface area contributed by atoms with Gasteiger partial charge in [0.2, 0.25) is 11.1 Å². The molecule has 2 fully saturated rings. The minimum atomic E-state index is -3.96. The molecule has 2 amide bonds. The molecular formula is C31H34FN7O5S. The van der Waals surface area contributed by atoms with E-state index in [0.717, 1.165) is 16.6 Å². The highest BCUT2D eigenvalue weighted by atomic mass is 32.2. The summed E-state index contributed by atoms with van der Waals surface area (Å²) in [7, 11) is -3.96. The van der Waals surface area contributed by atoms with E-state index in [4.69, 9.17) is 4.74 Å². The monoisotopic (exact) mass is 635 g/mol. The molecule has 45 heavy (non-hydrogen) atoms. The molecule has 0 saturated carbocycles. The van der Waals surface area contributed by atoms with Gasteiger partial charge in [0.15, 0.2) is 0 Å². The van der Waals surface area contributed by atoms with Gasteiger partial charge in [-0.2, -0.15) is 4.31 Å². The molecule has 0 aliphatic carbocycles. The second kappa shape index (κ2) is 13.2. The van der Waals surface area contributed by atoms with Crippen LogP contribution in [-0.2, 0) is 32.7 Å². The molecule has 236 valence electrons. The lowest BCUT2D eigenvalue weighted by Gasteiger charge is -2.37. The third-order valence-electron chi connectivity index (χ3n) is 8.20. The van der Waals surface area contributed by atoms with Crippen LogP contribution in [0.1, 0.15) is 12.0 Å². The fourth-order valence-electron chi connectivity index (χ4n) is 5.82. The maximum absolute atomic E-state index is 13.7. The first-order chi connectivity index (χ1) is 21.8. The lowest BCUT2D eigenvalue weighted by molar-refractivity contribution is -0.135. The lowest BCUT2D eigenvalue weighted by Crippen LogP contribution is -2.50. The zero-order chi connectivity index (χ0) is 31.4. The number of hydrogen-bond donors (Lipinski definition) is 1. The second-order valence-corrected chi connectivity index (χ2v) is 12.9. The molecule has 2 saturated heterocycles. The minimum Gasteiger partial charge on any atom is -0.445 e. The fraction of sp³-hybridized carbons (Fsp3) is 0.355. The van der Waals surface area contributed by atoms with E-state index in [1.54, 1.807) is 23.4 Å². The van der Waals surface area contributed by atoms with Crippen LogP contribution in [0, 0.1) is 11.7 Å². The zero-order valence-electron chi connectivity index (χ0n) is 24.6. The highest BCUT2D eigenvalue weighted by molar-refractivity contribution is 7.89. The van der Waals surface area contributed by atoms with Crippen molar-refractivity contribution in [1.29, 1.82) is 0 Å². The number of anilines is 1. The number of amides is 2. The molecule has 0 spiro atoms. The number of nitrogens with zero attached hydrogens (tertiary/aromatic N) is 6. The summed E-state index contributed by atoms with van der Waals surface area (Å²) in [5.41, 5.74) is 2.38. The zero-order valence-corrected chi connectivity index (χ0v) is 25.4. The third-order valence-corrected chi connectivity index (χ3v) is 10.0. The summed E-state index contributed by atoms with van der Waals surface area (Å²) in [5.74, 6) is -0.844. The van der Waals surface area contributed by atoms with E-state index in [1.165, 1.54) is 27.2 Å². The molecule has 14 heteroatoms. The van der Waals surface area contributed by atoms with Crippen molar-refractivity contribution >= 4 is 38.6 Å². The fourth-order valence-corrected chi connectivity index (χ4v) is 7.42. The molecule has 1 N–H and O–H groups in total. The predicted octanol–water partition coefficient (Wildman–Crippen LogP) is 2.86. The Bertz CT molecular complexity index is 1780. The topological polar surface area (TPSA) is 130 Å². The maximum atomic E-state index is 13.7. The van der Waals surface area contributed by atoms with Gasteiger partial charge in [-0.1, -0.05) is 30.3 Å². The van der Waals surface area contributed by atoms with Crippen LogP contribution in [-0.4, -0.2) is 90.0 Å². The number of carbonyl (C=O) groups excluding carboxylic acids is 2. The average molecular weight is 636 g/mol. The number of sulfonamides is 1. The standard InChI is InChI=1S/C31H34FN7O5S/c32-25-6-7-26-27(20-25)33-10-8-28(26)36-16-18-37(19-17-36)29(40)24-9-13-39(21-24)45(42,43)30-34-11-14-38(30)15-12-35-31(41)44-22-23-4-2-1-3-5-23/h1-8,10-11,14,20,24H,9,12-13,15-19,21-22H2,(H,35,41)/t24-/m0/s1. The first-order valence-electron chi connectivity index (χ1n) is 14.8. The van der Waals surface area contributed by atoms with E-state index < -0.39 is 22.0 Å². The summed E-state index contributed by atoms with van der Waals surface area (Å²) >= 11 is 0. The Morgan fingerprint density at radius 2 is 1.78 bits per heavy atom. The number of imidazole rings is 1. The molecular weight excluding hydrogens is 601 g/mol. The molecule has 6 rings (SSSR count). The molecule has 12 nitrogen and oxygen atoms in total. The van der Waals surface area contributed by atoms with Crippen LogP contribution in [0.3, 0.4) is 0 Å². The van der Waals surface area contributed by atoms with Crippen molar-refractivity contribution in [2.24, 2.45) is 5.92 Å². The number of benzene rings is 2. The van der Waals surface area contributed by atoms with E-state index in [2.05, 4.69) is 20.2 Å². The molecule has 2 aromatic heterocycles. The number of fused-ring (bicyclic) bond motifs is 1. The van der Waals surface area contributed by atoms with Gasteiger partial charge >= 0.3 is 6.09 Å². The number of carbonyl (C=O) groups is 2. The minimum absolute atomic E-state index is 0.0597. The van der Waals surface area contributed by atoms with Gasteiger partial charge in [0.05, 0.1) is 11.4 Å². The Balaban J connectivity index is 1.00. The van der Waals surface area contributed by atoms with Crippen LogP contribution < -0.4 is 10.2 Å². The predicted molar refractivity (Wildman–Crippen MR) is 164 cm³/mol. The van der Waals surface area contributed by atoms with E-state index in [0.29, 0.717) is 38.1 Å². The number of hydrogen-bond acceptors (Lipinski definition) is 8. The van der Waals surface area contributed by atoms with E-state index >= 15 is 0 Å². The van der Waals surface area contributed by atoms with Crippen molar-refractivity contribution in [3.63, 3.8) is 0 Å². The SMILES string of the molecule is O=C(NCCn1ccnc1S(=O)(=O)N1CC[C@H](C(=O)N2CCN(c3ccnc4cc(F)ccc34)CC2)C1)OCc1ccccc1. The molecule has 0 unspecified atom stereocenters. The van der Waals surface area contributed by atoms with Crippen LogP contribution in [0.4, 0.5) is 14.9 Å². The van der Waals surface area contributed by atoms with Gasteiger partial charge in [0, 0.05) is 88.1 Å². The normalized spacial score (nSPS) is 17.5. The molecule has 2 aromatic carbocycles. The van der Waals surface area contributed by atoms with Crippen molar-refractivity contribution in [2.75, 3.05) is 50.7 Å². The highest BCUT2D eigenvalue weighted by Crippen LogP contribution is 2.29. The number of nitrogens with one attached hydrogen (secondary N) is 1. The Morgan fingerprint density at radius 1 is 0.978 bits per heavy atom. The maximum Gasteiger partial charge on any atom is 0.407 e. The Labute approximate surface area is 260 Å². The van der Waals surface area contributed by atoms with Gasteiger partial charge in [-0.3, -0.25) is 9.78 Å². The lowest BCUT2D eigenvalue weighted by atomic mass is 10.1. The molecule has 4 heterocycles. The molecule has 2 aliphatic heterocycles. The van der Waals surface area contributed by atoms with E-state index in [-0.39, 0.29) is 49.7 Å². The van der Waals surface area contributed by atoms with Crippen molar-refractivity contribution in [2.45, 2.75) is 24.7 Å². The van der Waals surface area contributed by atoms with Gasteiger partial charge in [-0.25, -0.2) is 22.6 Å². The second-order valence-electron chi connectivity index (χ2n) is 11.0. The van der Waals surface area contributed by atoms with Crippen LogP contribution in [0.2, 0.25) is 0 Å². The first-order valence-corrected chi connectivity index (χ1v) is 16.3. The summed E-state index contributed by atoms with van der Waals surface area (Å²) < 4.78 is 48.7. The van der Waals surface area contributed by atoms with Crippen LogP contribution >= 0.6 is 0 Å². The van der Waals surface area contributed by atoms with Crippen molar-refractivity contribution in [3.8, 4) is 0 Å². The highest BCUT2D eigenvalue weighted by Gasteiger charge is 2.39. The molecule has 0 radical (unpaired) electrons. The summed E-state index contributed by atoms with van der Waals surface area (Å²) in [5, 5.41) is 3.35. The average Bonchev–Trinajstić information content (AvgIpc) is 3.75. The summed E-state index contributed by atoms with van der Waals surface area (Å²) in [6.45, 7) is 2.95. The Morgan fingerprint density at radius 3 is 2.58 bits per heavy atom. The Kier molecular flexibility index (Phi) is 8.94. The van der Waals surface area contributed by atoms with Gasteiger partial charge in [0.25, 0.3) is 10.0 Å². The Hall–Kier alpha value is -4.56. The van der Waals surface area contributed by atoms with E-state index in [9.17, 15) is 22.4 Å². The van der Waals surface area contributed by atoms with Crippen LogP contribution in [0.15, 0.2) is 78.3 Å². The summed E-state index contributed by atoms with van der Waals surface area (Å²) in [4.78, 5) is 37.8. The number of aromatic nitrogens is 3. The first kappa shape index (κ1) is 30.5. The van der Waals surface area contributed by atoms with Crippen molar-refractivity contribution in [1.82, 2.24) is 29.1 Å². The number of rotatable bonds is 9. The number of piperazine rings is 1. The van der Waals surface area contributed by atoms with Gasteiger partial charge in [-0.15, -0.1) is 0 Å². The van der Waals surface area contributed by atoms with Gasteiger partial charge in [-0.05, 0) is 30.2 Å². The molecule has 0 bridgehead atoms. The molecule has 2 aliphatic rings. The van der Waals surface area contributed by atoms with Gasteiger partial charge < -0.3 is 24.4 Å². The van der Waals surface area contributed by atoms with Crippen LogP contribution in [0.25, 0.3) is 10.9 Å².